The molecule has 0 bridgehead atoms. The van der Waals surface area contributed by atoms with Crippen LogP contribution in [0.2, 0.25) is 0 Å². The monoisotopic (exact) mass is 140 g/mol. The van der Waals surface area contributed by atoms with Crippen molar-refractivity contribution in [2.45, 2.75) is 18.9 Å². The Balaban J connectivity index is 2.68. The third-order valence-corrected chi connectivity index (χ3v) is 1.53. The molecule has 1 aliphatic rings. The zero-order valence-corrected chi connectivity index (χ0v) is 6.29. The molecule has 0 aromatic carbocycles. The third kappa shape index (κ3) is 1.61. The average Bonchev–Trinajstić information content (AvgIpc) is 1.86. The molecule has 1 atom stereocenters. The van der Waals surface area contributed by atoms with E-state index in [-0.39, 0.29) is 0 Å². The summed E-state index contributed by atoms with van der Waals surface area (Å²) in [6, 6.07) is 0. The normalized spacial score (nSPS) is 31.7. The molecule has 0 fully saturated rings. The SMILES string of the molecule is COC1=CC=CC(C)(O)C1. The standard InChI is InChI=1S/C8H12O2/c1-8(9)5-3-4-7(6-8)10-2/h3-5,9H,6H2,1-2H3. The minimum Gasteiger partial charge on any atom is -0.501 e. The lowest BCUT2D eigenvalue weighted by Crippen LogP contribution is -2.23. The molecule has 2 heteroatoms. The van der Waals surface area contributed by atoms with E-state index in [2.05, 4.69) is 0 Å². The number of aliphatic hydroxyl groups is 1. The smallest absolute Gasteiger partial charge is 0.0987 e. The molecule has 1 rings (SSSR count). The largest absolute Gasteiger partial charge is 0.501 e. The third-order valence-electron chi connectivity index (χ3n) is 1.53. The van der Waals surface area contributed by atoms with Crippen LogP contribution in [0, 0.1) is 0 Å². The van der Waals surface area contributed by atoms with Crippen molar-refractivity contribution in [2.24, 2.45) is 0 Å². The molecule has 0 aromatic rings. The van der Waals surface area contributed by atoms with Crippen molar-refractivity contribution >= 4 is 0 Å². The molecule has 0 saturated carbocycles. The van der Waals surface area contributed by atoms with E-state index in [0.29, 0.717) is 6.42 Å². The van der Waals surface area contributed by atoms with Gasteiger partial charge in [-0.1, -0.05) is 12.2 Å². The van der Waals surface area contributed by atoms with Gasteiger partial charge >= 0.3 is 0 Å². The van der Waals surface area contributed by atoms with Crippen LogP contribution in [0.15, 0.2) is 24.0 Å². The molecular formula is C8H12O2. The quantitative estimate of drug-likeness (QED) is 0.593. The highest BCUT2D eigenvalue weighted by Crippen LogP contribution is 2.21. The van der Waals surface area contributed by atoms with Gasteiger partial charge in [-0.15, -0.1) is 0 Å². The molecule has 0 saturated heterocycles. The maximum Gasteiger partial charge on any atom is 0.0987 e. The second-order valence-corrected chi connectivity index (χ2v) is 2.73. The van der Waals surface area contributed by atoms with Gasteiger partial charge in [0.15, 0.2) is 0 Å². The molecule has 0 heterocycles. The average molecular weight is 140 g/mol. The summed E-state index contributed by atoms with van der Waals surface area (Å²) in [4.78, 5) is 0. The highest BCUT2D eigenvalue weighted by Gasteiger charge is 2.20. The predicted octanol–water partition coefficient (Wildman–Crippen LogP) is 1.23. The van der Waals surface area contributed by atoms with Crippen LogP contribution in [0.25, 0.3) is 0 Å². The van der Waals surface area contributed by atoms with Gasteiger partial charge < -0.3 is 9.84 Å². The summed E-state index contributed by atoms with van der Waals surface area (Å²) in [6.45, 7) is 1.76. The fourth-order valence-electron chi connectivity index (χ4n) is 0.974. The summed E-state index contributed by atoms with van der Waals surface area (Å²) >= 11 is 0. The van der Waals surface area contributed by atoms with Gasteiger partial charge in [-0.2, -0.15) is 0 Å². The van der Waals surface area contributed by atoms with Crippen molar-refractivity contribution in [1.82, 2.24) is 0 Å². The van der Waals surface area contributed by atoms with Gasteiger partial charge in [-0.25, -0.2) is 0 Å². The number of methoxy groups -OCH3 is 1. The van der Waals surface area contributed by atoms with Crippen molar-refractivity contribution in [3.8, 4) is 0 Å². The Hall–Kier alpha value is -0.760. The summed E-state index contributed by atoms with van der Waals surface area (Å²) in [5, 5.41) is 9.47. The number of hydrogen-bond acceptors (Lipinski definition) is 2. The highest BCUT2D eigenvalue weighted by atomic mass is 16.5. The first-order chi connectivity index (χ1) is 4.64. The number of rotatable bonds is 1. The van der Waals surface area contributed by atoms with E-state index in [4.69, 9.17) is 4.74 Å². The summed E-state index contributed by atoms with van der Waals surface area (Å²) in [5.41, 5.74) is -0.722. The molecule has 0 radical (unpaired) electrons. The highest BCUT2D eigenvalue weighted by molar-refractivity contribution is 5.20. The maximum absolute atomic E-state index is 9.47. The minimum atomic E-state index is -0.722. The van der Waals surface area contributed by atoms with E-state index in [1.165, 1.54) is 0 Å². The molecule has 0 spiro atoms. The Bertz CT molecular complexity index is 178. The lowest BCUT2D eigenvalue weighted by Gasteiger charge is -2.22. The van der Waals surface area contributed by atoms with Crippen LogP contribution in [0.5, 0.6) is 0 Å². The molecule has 1 N–H and O–H groups in total. The first-order valence-electron chi connectivity index (χ1n) is 3.29. The van der Waals surface area contributed by atoms with Crippen LogP contribution in [-0.2, 0) is 4.74 Å². The topological polar surface area (TPSA) is 29.5 Å². The first kappa shape index (κ1) is 7.35. The van der Waals surface area contributed by atoms with Gasteiger partial charge in [0.05, 0.1) is 18.5 Å². The molecule has 10 heavy (non-hydrogen) atoms. The van der Waals surface area contributed by atoms with Crippen LogP contribution in [0.1, 0.15) is 13.3 Å². The van der Waals surface area contributed by atoms with E-state index in [1.54, 1.807) is 20.1 Å². The lowest BCUT2D eigenvalue weighted by molar-refractivity contribution is 0.0898. The number of ether oxygens (including phenoxy) is 1. The number of hydrogen-bond donors (Lipinski definition) is 1. The van der Waals surface area contributed by atoms with Gasteiger partial charge in [-0.05, 0) is 13.0 Å². The zero-order chi connectivity index (χ0) is 7.61. The molecule has 2 nitrogen and oxygen atoms in total. The zero-order valence-electron chi connectivity index (χ0n) is 6.29. The second-order valence-electron chi connectivity index (χ2n) is 2.73. The molecule has 0 amide bonds. The van der Waals surface area contributed by atoms with Gasteiger partial charge in [0, 0.05) is 6.42 Å². The summed E-state index contributed by atoms with van der Waals surface area (Å²) in [5.74, 6) is 0.826. The lowest BCUT2D eigenvalue weighted by atomic mass is 9.97. The van der Waals surface area contributed by atoms with Crippen molar-refractivity contribution in [3.05, 3.63) is 24.0 Å². The number of allylic oxidation sites excluding steroid dienone is 2. The van der Waals surface area contributed by atoms with Crippen LogP contribution >= 0.6 is 0 Å². The summed E-state index contributed by atoms with van der Waals surface area (Å²) in [7, 11) is 1.61. The van der Waals surface area contributed by atoms with Crippen LogP contribution in [0.4, 0.5) is 0 Å². The Morgan fingerprint density at radius 3 is 2.80 bits per heavy atom. The van der Waals surface area contributed by atoms with Gasteiger partial charge in [-0.3, -0.25) is 0 Å². The molecule has 0 aromatic heterocycles. The van der Waals surface area contributed by atoms with Crippen LogP contribution in [-0.4, -0.2) is 17.8 Å². The van der Waals surface area contributed by atoms with Crippen molar-refractivity contribution < 1.29 is 9.84 Å². The van der Waals surface area contributed by atoms with Crippen LogP contribution < -0.4 is 0 Å². The molecule has 56 valence electrons. The van der Waals surface area contributed by atoms with Gasteiger partial charge in [0.2, 0.25) is 0 Å². The molecule has 0 aliphatic heterocycles. The predicted molar refractivity (Wildman–Crippen MR) is 39.5 cm³/mol. The van der Waals surface area contributed by atoms with E-state index < -0.39 is 5.60 Å². The van der Waals surface area contributed by atoms with E-state index in [0.717, 1.165) is 5.76 Å². The van der Waals surface area contributed by atoms with Gasteiger partial charge in [0.1, 0.15) is 0 Å². The fourth-order valence-corrected chi connectivity index (χ4v) is 0.974. The van der Waals surface area contributed by atoms with E-state index in [1.807, 2.05) is 12.2 Å². The fraction of sp³-hybridized carbons (Fsp3) is 0.500. The Morgan fingerprint density at radius 1 is 1.70 bits per heavy atom. The van der Waals surface area contributed by atoms with Gasteiger partial charge in [0.25, 0.3) is 0 Å². The maximum atomic E-state index is 9.47. The molecular weight excluding hydrogens is 128 g/mol. The first-order valence-corrected chi connectivity index (χ1v) is 3.29. The second kappa shape index (κ2) is 2.46. The van der Waals surface area contributed by atoms with Crippen molar-refractivity contribution in [3.63, 3.8) is 0 Å². The summed E-state index contributed by atoms with van der Waals surface area (Å²) < 4.78 is 4.98. The minimum absolute atomic E-state index is 0.569. The van der Waals surface area contributed by atoms with Crippen molar-refractivity contribution in [2.75, 3.05) is 7.11 Å². The Labute approximate surface area is 60.8 Å². The molecule has 1 unspecified atom stereocenters. The van der Waals surface area contributed by atoms with Crippen LogP contribution in [0.3, 0.4) is 0 Å². The Morgan fingerprint density at radius 2 is 2.40 bits per heavy atom. The van der Waals surface area contributed by atoms with E-state index >= 15 is 0 Å². The molecule has 1 aliphatic carbocycles. The summed E-state index contributed by atoms with van der Waals surface area (Å²) in [6.07, 6.45) is 6.00. The Kier molecular flexibility index (Phi) is 1.81. The van der Waals surface area contributed by atoms with E-state index in [9.17, 15) is 5.11 Å². The van der Waals surface area contributed by atoms with Crippen molar-refractivity contribution in [1.29, 1.82) is 0 Å².